The van der Waals surface area contributed by atoms with Crippen molar-refractivity contribution >= 4 is 22.6 Å². The Balaban J connectivity index is 2.15. The topological polar surface area (TPSA) is 55.0 Å². The molecule has 1 aliphatic heterocycles. The number of fused-ring (bicyclic) bond motifs is 1. The molecular formula is C14H13IN2O2. The van der Waals surface area contributed by atoms with Crippen LogP contribution in [0.3, 0.4) is 0 Å². The summed E-state index contributed by atoms with van der Waals surface area (Å²) in [6.45, 7) is 4.11. The van der Waals surface area contributed by atoms with Crippen LogP contribution in [0.4, 0.5) is 0 Å². The van der Waals surface area contributed by atoms with Gasteiger partial charge in [0.25, 0.3) is 5.56 Å². The van der Waals surface area contributed by atoms with Crippen LogP contribution in [0.25, 0.3) is 11.4 Å². The number of H-pyrrole nitrogens is 1. The number of halogens is 1. The van der Waals surface area contributed by atoms with Crippen molar-refractivity contribution in [3.05, 3.63) is 43.9 Å². The van der Waals surface area contributed by atoms with Crippen molar-refractivity contribution in [2.75, 3.05) is 0 Å². The number of aromatic amines is 1. The number of para-hydroxylation sites is 1. The highest BCUT2D eigenvalue weighted by molar-refractivity contribution is 14.1. The fourth-order valence-electron chi connectivity index (χ4n) is 2.32. The van der Waals surface area contributed by atoms with E-state index in [1.54, 1.807) is 6.20 Å². The smallest absolute Gasteiger partial charge is 0.264 e. The van der Waals surface area contributed by atoms with Gasteiger partial charge in [0, 0.05) is 12.6 Å². The van der Waals surface area contributed by atoms with Crippen LogP contribution in [0.5, 0.6) is 5.75 Å². The molecule has 1 aromatic carbocycles. The highest BCUT2D eigenvalue weighted by Crippen LogP contribution is 2.40. The maximum absolute atomic E-state index is 11.7. The van der Waals surface area contributed by atoms with Crippen molar-refractivity contribution in [3.63, 3.8) is 0 Å². The van der Waals surface area contributed by atoms with E-state index in [9.17, 15) is 4.79 Å². The average Bonchev–Trinajstić information content (AvgIpc) is 2.66. The zero-order chi connectivity index (χ0) is 13.6. The monoisotopic (exact) mass is 368 g/mol. The summed E-state index contributed by atoms with van der Waals surface area (Å²) in [7, 11) is 0. The van der Waals surface area contributed by atoms with Crippen molar-refractivity contribution < 1.29 is 4.74 Å². The summed E-state index contributed by atoms with van der Waals surface area (Å²) in [4.78, 5) is 18.8. The summed E-state index contributed by atoms with van der Waals surface area (Å²) < 4.78 is 6.56. The minimum absolute atomic E-state index is 0.125. The van der Waals surface area contributed by atoms with Crippen LogP contribution in [0.2, 0.25) is 0 Å². The van der Waals surface area contributed by atoms with Gasteiger partial charge in [0.1, 0.15) is 17.2 Å². The summed E-state index contributed by atoms with van der Waals surface area (Å²) in [5.41, 5.74) is 1.67. The Morgan fingerprint density at radius 1 is 1.42 bits per heavy atom. The third-order valence-electron chi connectivity index (χ3n) is 3.10. The molecule has 1 N–H and O–H groups in total. The molecular weight excluding hydrogens is 355 g/mol. The summed E-state index contributed by atoms with van der Waals surface area (Å²) in [5, 5.41) is 0. The van der Waals surface area contributed by atoms with Crippen LogP contribution >= 0.6 is 22.6 Å². The van der Waals surface area contributed by atoms with E-state index >= 15 is 0 Å². The first kappa shape index (κ1) is 12.7. The number of nitrogens with one attached hydrogen (secondary N) is 1. The molecule has 0 unspecified atom stereocenters. The van der Waals surface area contributed by atoms with Crippen LogP contribution in [-0.4, -0.2) is 15.6 Å². The lowest BCUT2D eigenvalue weighted by molar-refractivity contribution is 0.139. The van der Waals surface area contributed by atoms with E-state index in [-0.39, 0.29) is 11.2 Å². The molecule has 0 spiro atoms. The second-order valence-electron chi connectivity index (χ2n) is 5.24. The van der Waals surface area contributed by atoms with E-state index in [4.69, 9.17) is 4.74 Å². The molecule has 0 radical (unpaired) electrons. The first-order chi connectivity index (χ1) is 8.96. The highest BCUT2D eigenvalue weighted by Gasteiger charge is 2.32. The van der Waals surface area contributed by atoms with E-state index in [1.165, 1.54) is 0 Å². The maximum Gasteiger partial charge on any atom is 0.264 e. The highest BCUT2D eigenvalue weighted by atomic mass is 127. The quantitative estimate of drug-likeness (QED) is 0.788. The van der Waals surface area contributed by atoms with Gasteiger partial charge in [-0.1, -0.05) is 12.1 Å². The largest absolute Gasteiger partial charge is 0.486 e. The van der Waals surface area contributed by atoms with Gasteiger partial charge in [-0.15, -0.1) is 0 Å². The lowest BCUT2D eigenvalue weighted by Crippen LogP contribution is -2.24. The Labute approximate surface area is 124 Å². The molecule has 3 rings (SSSR count). The van der Waals surface area contributed by atoms with Crippen LogP contribution in [0, 0.1) is 3.57 Å². The molecule has 0 saturated carbocycles. The number of rotatable bonds is 1. The van der Waals surface area contributed by atoms with Gasteiger partial charge < -0.3 is 9.72 Å². The van der Waals surface area contributed by atoms with E-state index in [0.29, 0.717) is 9.39 Å². The van der Waals surface area contributed by atoms with Gasteiger partial charge in [-0.3, -0.25) is 4.79 Å². The predicted molar refractivity (Wildman–Crippen MR) is 81.4 cm³/mol. The van der Waals surface area contributed by atoms with Gasteiger partial charge in [-0.2, -0.15) is 0 Å². The van der Waals surface area contributed by atoms with Crippen LogP contribution in [-0.2, 0) is 6.42 Å². The van der Waals surface area contributed by atoms with Crippen molar-refractivity contribution in [2.45, 2.75) is 25.9 Å². The standard InChI is InChI=1S/C14H13IN2O2/c1-14(2)6-8-4-3-5-9(11(8)19-14)12-16-7-10(15)13(18)17-12/h3-5,7H,6H2,1-2H3,(H,16,17,18). The van der Waals surface area contributed by atoms with Gasteiger partial charge in [-0.05, 0) is 48.1 Å². The number of nitrogens with zero attached hydrogens (tertiary/aromatic N) is 1. The zero-order valence-electron chi connectivity index (χ0n) is 10.7. The number of hydrogen-bond donors (Lipinski definition) is 1. The lowest BCUT2D eigenvalue weighted by Gasteiger charge is -2.18. The second kappa shape index (κ2) is 4.33. The molecule has 0 atom stereocenters. The van der Waals surface area contributed by atoms with Gasteiger partial charge in [0.15, 0.2) is 0 Å². The third kappa shape index (κ3) is 2.27. The Morgan fingerprint density at radius 3 is 2.95 bits per heavy atom. The Morgan fingerprint density at radius 2 is 2.21 bits per heavy atom. The van der Waals surface area contributed by atoms with Gasteiger partial charge in [0.05, 0.1) is 9.13 Å². The van der Waals surface area contributed by atoms with Crippen molar-refractivity contribution in [1.29, 1.82) is 0 Å². The molecule has 2 heterocycles. The van der Waals surface area contributed by atoms with E-state index in [1.807, 2.05) is 34.7 Å². The molecule has 0 fully saturated rings. The second-order valence-corrected chi connectivity index (χ2v) is 6.40. The number of ether oxygens (including phenoxy) is 1. The minimum Gasteiger partial charge on any atom is -0.486 e. The predicted octanol–water partition coefficient (Wildman–Crippen LogP) is 2.76. The van der Waals surface area contributed by atoms with Crippen molar-refractivity contribution in [1.82, 2.24) is 9.97 Å². The normalized spacial score (nSPS) is 15.9. The Hall–Kier alpha value is -1.37. The van der Waals surface area contributed by atoms with Crippen LogP contribution in [0.15, 0.2) is 29.2 Å². The Kier molecular flexibility index (Phi) is 2.88. The SMILES string of the molecule is CC1(C)Cc2cccc(-c3ncc(I)c(=O)[nH]3)c2O1. The van der Waals surface area contributed by atoms with Gasteiger partial charge >= 0.3 is 0 Å². The molecule has 4 nitrogen and oxygen atoms in total. The number of hydrogen-bond acceptors (Lipinski definition) is 3. The first-order valence-electron chi connectivity index (χ1n) is 6.02. The molecule has 5 heteroatoms. The number of benzene rings is 1. The Bertz CT molecular complexity index is 707. The maximum atomic E-state index is 11.7. The summed E-state index contributed by atoms with van der Waals surface area (Å²) in [6.07, 6.45) is 2.44. The van der Waals surface area contributed by atoms with Crippen molar-refractivity contribution in [2.24, 2.45) is 0 Å². The van der Waals surface area contributed by atoms with Crippen LogP contribution < -0.4 is 10.3 Å². The van der Waals surface area contributed by atoms with E-state index in [0.717, 1.165) is 23.3 Å². The van der Waals surface area contributed by atoms with Gasteiger partial charge in [0.2, 0.25) is 0 Å². The average molecular weight is 368 g/mol. The van der Waals surface area contributed by atoms with E-state index in [2.05, 4.69) is 29.9 Å². The molecule has 0 bridgehead atoms. The lowest BCUT2D eigenvalue weighted by atomic mass is 10.0. The van der Waals surface area contributed by atoms with Crippen molar-refractivity contribution in [3.8, 4) is 17.1 Å². The summed E-state index contributed by atoms with van der Waals surface area (Å²) in [5.74, 6) is 1.39. The molecule has 1 aromatic heterocycles. The van der Waals surface area contributed by atoms with Crippen LogP contribution in [0.1, 0.15) is 19.4 Å². The third-order valence-corrected chi connectivity index (χ3v) is 3.87. The molecule has 1 aliphatic rings. The zero-order valence-corrected chi connectivity index (χ0v) is 12.8. The first-order valence-corrected chi connectivity index (χ1v) is 7.10. The van der Waals surface area contributed by atoms with E-state index < -0.39 is 0 Å². The number of aromatic nitrogens is 2. The summed E-state index contributed by atoms with van der Waals surface area (Å²) in [6, 6.07) is 5.95. The van der Waals surface area contributed by atoms with Gasteiger partial charge in [-0.25, -0.2) is 4.98 Å². The fraction of sp³-hybridized carbons (Fsp3) is 0.286. The minimum atomic E-state index is -0.206. The molecule has 19 heavy (non-hydrogen) atoms. The molecule has 0 saturated heterocycles. The molecule has 2 aromatic rings. The fourth-order valence-corrected chi connectivity index (χ4v) is 2.59. The molecule has 98 valence electrons. The summed E-state index contributed by atoms with van der Waals surface area (Å²) >= 11 is 1.97. The molecule has 0 aliphatic carbocycles. The molecule has 0 amide bonds.